The number of rotatable bonds is 3. The molecular weight excluding hydrogens is 331 g/mol. The Balaban J connectivity index is 0.00000192. The van der Waals surface area contributed by atoms with Crippen LogP contribution in [0.4, 0.5) is 18.9 Å². The predicted octanol–water partition coefficient (Wildman–Crippen LogP) is 2.71. The van der Waals surface area contributed by atoms with Crippen LogP contribution in [0.1, 0.15) is 12.0 Å². The Morgan fingerprint density at radius 2 is 2.13 bits per heavy atom. The van der Waals surface area contributed by atoms with Crippen molar-refractivity contribution in [1.82, 2.24) is 10.8 Å². The Hall–Kier alpha value is -1.44. The zero-order chi connectivity index (χ0) is 15.6. The summed E-state index contributed by atoms with van der Waals surface area (Å²) in [5, 5.41) is 3.29. The van der Waals surface area contributed by atoms with Crippen LogP contribution in [0.25, 0.3) is 0 Å². The number of piperazine rings is 1. The SMILES string of the molecule is Cl.FC(F)(F)c1cccc(N2CCNCC2CC2=CCNO2)c1. The normalized spacial score (nSPS) is 21.4. The molecule has 8 heteroatoms. The first-order valence-electron chi connectivity index (χ1n) is 7.27. The van der Waals surface area contributed by atoms with Gasteiger partial charge in [0.2, 0.25) is 0 Å². The molecule has 0 aromatic heterocycles. The highest BCUT2D eigenvalue weighted by molar-refractivity contribution is 5.85. The molecule has 2 aliphatic rings. The van der Waals surface area contributed by atoms with Gasteiger partial charge in [0.15, 0.2) is 0 Å². The van der Waals surface area contributed by atoms with Crippen molar-refractivity contribution < 1.29 is 18.0 Å². The largest absolute Gasteiger partial charge is 0.416 e. The van der Waals surface area contributed by atoms with Gasteiger partial charge >= 0.3 is 6.18 Å². The number of hydrogen-bond donors (Lipinski definition) is 2. The molecule has 0 spiro atoms. The third-order valence-electron chi connectivity index (χ3n) is 3.91. The molecular formula is C15H19ClF3N3O. The van der Waals surface area contributed by atoms with E-state index in [0.29, 0.717) is 25.2 Å². The Kier molecular flexibility index (Phi) is 5.78. The summed E-state index contributed by atoms with van der Waals surface area (Å²) in [6.45, 7) is 2.81. The molecule has 128 valence electrons. The minimum absolute atomic E-state index is 0. The molecule has 0 radical (unpaired) electrons. The third kappa shape index (κ3) is 4.31. The lowest BCUT2D eigenvalue weighted by atomic mass is 10.1. The first kappa shape index (κ1) is 17.9. The number of alkyl halides is 3. The van der Waals surface area contributed by atoms with Crippen molar-refractivity contribution in [2.45, 2.75) is 18.6 Å². The second-order valence-electron chi connectivity index (χ2n) is 5.42. The van der Waals surface area contributed by atoms with Gasteiger partial charge in [0.1, 0.15) is 5.76 Å². The summed E-state index contributed by atoms with van der Waals surface area (Å²) in [6.07, 6.45) is -1.70. The van der Waals surface area contributed by atoms with E-state index in [0.717, 1.165) is 24.9 Å². The molecule has 1 atom stereocenters. The van der Waals surface area contributed by atoms with Gasteiger partial charge in [-0.15, -0.1) is 12.4 Å². The first-order valence-corrected chi connectivity index (χ1v) is 7.27. The number of nitrogens with zero attached hydrogens (tertiary/aromatic N) is 1. The molecule has 1 aromatic carbocycles. The lowest BCUT2D eigenvalue weighted by molar-refractivity contribution is -0.137. The molecule has 23 heavy (non-hydrogen) atoms. The third-order valence-corrected chi connectivity index (χ3v) is 3.91. The minimum atomic E-state index is -4.32. The van der Waals surface area contributed by atoms with Gasteiger partial charge in [0.05, 0.1) is 12.1 Å². The number of nitrogens with one attached hydrogen (secondary N) is 2. The summed E-state index contributed by atoms with van der Waals surface area (Å²) < 4.78 is 38.7. The molecule has 1 fully saturated rings. The Bertz CT molecular complexity index is 565. The Morgan fingerprint density at radius 1 is 1.30 bits per heavy atom. The lowest BCUT2D eigenvalue weighted by Crippen LogP contribution is -2.51. The quantitative estimate of drug-likeness (QED) is 0.879. The van der Waals surface area contributed by atoms with Crippen molar-refractivity contribution in [2.24, 2.45) is 0 Å². The number of anilines is 1. The van der Waals surface area contributed by atoms with Crippen LogP contribution < -0.4 is 15.7 Å². The van der Waals surface area contributed by atoms with Crippen molar-refractivity contribution >= 4 is 18.1 Å². The standard InChI is InChI=1S/C15H18F3N3O.ClH/c16-15(17,18)11-2-1-3-12(8-11)21-7-6-19-10-13(21)9-14-4-5-20-22-14;/h1-4,8,13,19-20H,5-7,9-10H2;1H. The van der Waals surface area contributed by atoms with E-state index >= 15 is 0 Å². The van der Waals surface area contributed by atoms with Crippen LogP contribution in [0.15, 0.2) is 36.1 Å². The molecule has 0 amide bonds. The maximum atomic E-state index is 12.9. The molecule has 2 aliphatic heterocycles. The van der Waals surface area contributed by atoms with Crippen LogP contribution >= 0.6 is 12.4 Å². The zero-order valence-electron chi connectivity index (χ0n) is 12.4. The highest BCUT2D eigenvalue weighted by Crippen LogP contribution is 2.32. The molecule has 0 bridgehead atoms. The molecule has 1 unspecified atom stereocenters. The second-order valence-corrected chi connectivity index (χ2v) is 5.42. The van der Waals surface area contributed by atoms with E-state index in [1.54, 1.807) is 6.07 Å². The zero-order valence-corrected chi connectivity index (χ0v) is 13.2. The topological polar surface area (TPSA) is 36.5 Å². The van der Waals surface area contributed by atoms with E-state index in [4.69, 9.17) is 4.84 Å². The molecule has 4 nitrogen and oxygen atoms in total. The monoisotopic (exact) mass is 349 g/mol. The van der Waals surface area contributed by atoms with Crippen molar-refractivity contribution in [1.29, 1.82) is 0 Å². The Labute approximate surface area is 139 Å². The van der Waals surface area contributed by atoms with E-state index < -0.39 is 11.7 Å². The summed E-state index contributed by atoms with van der Waals surface area (Å²) in [4.78, 5) is 7.32. The fraction of sp³-hybridized carbons (Fsp3) is 0.467. The van der Waals surface area contributed by atoms with Crippen molar-refractivity contribution in [2.75, 3.05) is 31.1 Å². The van der Waals surface area contributed by atoms with Gasteiger partial charge in [0, 0.05) is 37.8 Å². The van der Waals surface area contributed by atoms with Gasteiger partial charge in [-0.25, -0.2) is 0 Å². The van der Waals surface area contributed by atoms with Crippen LogP contribution in [0.5, 0.6) is 0 Å². The van der Waals surface area contributed by atoms with Crippen LogP contribution in [0.3, 0.4) is 0 Å². The fourth-order valence-electron chi connectivity index (χ4n) is 2.83. The van der Waals surface area contributed by atoms with E-state index in [9.17, 15) is 13.2 Å². The van der Waals surface area contributed by atoms with Gasteiger partial charge in [0.25, 0.3) is 0 Å². The maximum Gasteiger partial charge on any atom is 0.416 e. The lowest BCUT2D eigenvalue weighted by Gasteiger charge is -2.38. The van der Waals surface area contributed by atoms with Gasteiger partial charge in [-0.3, -0.25) is 0 Å². The summed E-state index contributed by atoms with van der Waals surface area (Å²) in [6, 6.07) is 5.59. The number of halogens is 4. The fourth-order valence-corrected chi connectivity index (χ4v) is 2.83. The number of benzene rings is 1. The molecule has 2 N–H and O–H groups in total. The smallest absolute Gasteiger partial charge is 0.413 e. The average Bonchev–Trinajstić information content (AvgIpc) is 3.00. The van der Waals surface area contributed by atoms with E-state index in [1.807, 2.05) is 11.0 Å². The highest BCUT2D eigenvalue weighted by Gasteiger charge is 2.32. The molecule has 0 aliphatic carbocycles. The van der Waals surface area contributed by atoms with Crippen LogP contribution in [-0.4, -0.2) is 32.2 Å². The van der Waals surface area contributed by atoms with Crippen molar-refractivity contribution in [3.8, 4) is 0 Å². The van der Waals surface area contributed by atoms with Crippen molar-refractivity contribution in [3.05, 3.63) is 41.7 Å². The molecule has 3 rings (SSSR count). The summed E-state index contributed by atoms with van der Waals surface area (Å²) in [5.41, 5.74) is 2.76. The van der Waals surface area contributed by atoms with Crippen LogP contribution in [-0.2, 0) is 11.0 Å². The minimum Gasteiger partial charge on any atom is -0.413 e. The van der Waals surface area contributed by atoms with E-state index in [2.05, 4.69) is 10.8 Å². The van der Waals surface area contributed by atoms with Gasteiger partial charge in [-0.05, 0) is 24.3 Å². The van der Waals surface area contributed by atoms with E-state index in [1.165, 1.54) is 12.1 Å². The van der Waals surface area contributed by atoms with Crippen molar-refractivity contribution in [3.63, 3.8) is 0 Å². The van der Waals surface area contributed by atoms with Crippen LogP contribution in [0.2, 0.25) is 0 Å². The molecule has 1 aromatic rings. The number of hydroxylamine groups is 1. The number of hydrogen-bond acceptors (Lipinski definition) is 4. The summed E-state index contributed by atoms with van der Waals surface area (Å²) in [5.74, 6) is 0.839. The maximum absolute atomic E-state index is 12.9. The van der Waals surface area contributed by atoms with Crippen LogP contribution in [0, 0.1) is 0 Å². The van der Waals surface area contributed by atoms with E-state index in [-0.39, 0.29) is 18.4 Å². The summed E-state index contributed by atoms with van der Waals surface area (Å²) >= 11 is 0. The van der Waals surface area contributed by atoms with Gasteiger partial charge in [-0.1, -0.05) is 6.07 Å². The summed E-state index contributed by atoms with van der Waals surface area (Å²) in [7, 11) is 0. The molecule has 0 saturated carbocycles. The molecule has 1 saturated heterocycles. The molecule has 2 heterocycles. The first-order chi connectivity index (χ1) is 10.5. The second kappa shape index (κ2) is 7.42. The van der Waals surface area contributed by atoms with Gasteiger partial charge < -0.3 is 15.1 Å². The predicted molar refractivity (Wildman–Crippen MR) is 84.5 cm³/mol. The highest BCUT2D eigenvalue weighted by atomic mass is 35.5. The van der Waals surface area contributed by atoms with Gasteiger partial charge in [-0.2, -0.15) is 18.7 Å². The average molecular weight is 350 g/mol. The Morgan fingerprint density at radius 3 is 2.83 bits per heavy atom.